The average Bonchev–Trinajstić information content (AvgIpc) is 2.41. The Kier molecular flexibility index (Phi) is 3.90. The first-order valence-corrected chi connectivity index (χ1v) is 5.10. The van der Waals surface area contributed by atoms with Crippen molar-refractivity contribution in [1.29, 1.82) is 0 Å². The molecule has 1 rings (SSSR count). The van der Waals surface area contributed by atoms with Gasteiger partial charge in [-0.1, -0.05) is 0 Å². The molecule has 6 heteroatoms. The zero-order valence-corrected chi connectivity index (χ0v) is 9.58. The lowest BCUT2D eigenvalue weighted by Gasteiger charge is -2.19. The van der Waals surface area contributed by atoms with E-state index in [1.54, 1.807) is 20.8 Å². The molecule has 0 radical (unpaired) electrons. The average molecular weight is 234 g/mol. The Bertz CT molecular complexity index is 259. The fraction of sp³-hybridized carbons (Fsp3) is 0.900. The van der Waals surface area contributed by atoms with Gasteiger partial charge in [0, 0.05) is 0 Å². The molecule has 1 aliphatic rings. The van der Waals surface area contributed by atoms with Crippen molar-refractivity contribution in [2.45, 2.75) is 45.4 Å². The van der Waals surface area contributed by atoms with Crippen LogP contribution < -0.4 is 0 Å². The molecule has 0 aromatic carbocycles. The van der Waals surface area contributed by atoms with E-state index < -0.39 is 36.0 Å². The molecule has 3 N–H and O–H groups in total. The Morgan fingerprint density at radius 3 is 2.19 bits per heavy atom. The summed E-state index contributed by atoms with van der Waals surface area (Å²) in [6.07, 6.45) is -4.94. The maximum atomic E-state index is 11.4. The Morgan fingerprint density at radius 2 is 1.81 bits per heavy atom. The van der Waals surface area contributed by atoms with Gasteiger partial charge in [0.25, 0.3) is 0 Å². The molecule has 1 aliphatic heterocycles. The van der Waals surface area contributed by atoms with Crippen molar-refractivity contribution in [2.75, 3.05) is 6.61 Å². The number of aliphatic hydroxyl groups is 3. The molecule has 1 saturated heterocycles. The lowest BCUT2D eigenvalue weighted by molar-refractivity contribution is -0.164. The third-order valence-corrected chi connectivity index (χ3v) is 2.33. The smallest absolute Gasteiger partial charge is 0.311 e. The van der Waals surface area contributed by atoms with Gasteiger partial charge in [-0.3, -0.25) is 4.79 Å². The zero-order chi connectivity index (χ0) is 12.5. The van der Waals surface area contributed by atoms with Crippen molar-refractivity contribution in [3.8, 4) is 0 Å². The Hall–Kier alpha value is -0.690. The van der Waals surface area contributed by atoms with Gasteiger partial charge in [0.2, 0.25) is 0 Å². The van der Waals surface area contributed by atoms with Crippen molar-refractivity contribution in [3.05, 3.63) is 0 Å². The van der Waals surface area contributed by atoms with Crippen LogP contribution in [0, 0.1) is 5.41 Å². The van der Waals surface area contributed by atoms with E-state index in [4.69, 9.17) is 14.6 Å². The van der Waals surface area contributed by atoms with Crippen LogP contribution in [-0.4, -0.2) is 52.5 Å². The normalized spacial score (nSPS) is 35.1. The predicted molar refractivity (Wildman–Crippen MR) is 53.3 cm³/mol. The molecule has 6 nitrogen and oxygen atoms in total. The van der Waals surface area contributed by atoms with E-state index in [0.717, 1.165) is 0 Å². The van der Waals surface area contributed by atoms with Crippen molar-refractivity contribution in [2.24, 2.45) is 5.41 Å². The first-order chi connectivity index (χ1) is 7.23. The van der Waals surface area contributed by atoms with Crippen LogP contribution in [-0.2, 0) is 14.3 Å². The molecule has 1 heterocycles. The maximum Gasteiger partial charge on any atom is 0.311 e. The topological polar surface area (TPSA) is 96.2 Å². The summed E-state index contributed by atoms with van der Waals surface area (Å²) in [7, 11) is 0. The van der Waals surface area contributed by atoms with Gasteiger partial charge < -0.3 is 24.8 Å². The fourth-order valence-corrected chi connectivity index (χ4v) is 1.24. The van der Waals surface area contributed by atoms with Gasteiger partial charge in [-0.05, 0) is 20.8 Å². The Labute approximate surface area is 93.8 Å². The van der Waals surface area contributed by atoms with Crippen LogP contribution in [0.5, 0.6) is 0 Å². The lowest BCUT2D eigenvalue weighted by atomic mass is 9.97. The van der Waals surface area contributed by atoms with Crippen LogP contribution in [0.2, 0.25) is 0 Å². The second kappa shape index (κ2) is 4.67. The third kappa shape index (κ3) is 2.91. The van der Waals surface area contributed by atoms with Gasteiger partial charge in [0.05, 0.1) is 5.41 Å². The lowest BCUT2D eigenvalue weighted by Crippen LogP contribution is -2.36. The van der Waals surface area contributed by atoms with E-state index in [0.29, 0.717) is 0 Å². The third-order valence-electron chi connectivity index (χ3n) is 2.33. The molecular formula is C10H18O6. The molecule has 0 spiro atoms. The summed E-state index contributed by atoms with van der Waals surface area (Å²) in [5.41, 5.74) is -0.638. The minimum atomic E-state index is -1.44. The van der Waals surface area contributed by atoms with Crippen LogP contribution in [0.4, 0.5) is 0 Å². The number of carbonyl (C=O) groups is 1. The number of carbonyl (C=O) groups excluding carboxylic acids is 1. The van der Waals surface area contributed by atoms with Crippen LogP contribution in [0.1, 0.15) is 20.8 Å². The summed E-state index contributed by atoms with van der Waals surface area (Å²) >= 11 is 0. The molecular weight excluding hydrogens is 216 g/mol. The molecule has 94 valence electrons. The summed E-state index contributed by atoms with van der Waals surface area (Å²) in [6, 6.07) is 0. The summed E-state index contributed by atoms with van der Waals surface area (Å²) in [4.78, 5) is 11.4. The number of esters is 1. The van der Waals surface area contributed by atoms with Crippen molar-refractivity contribution in [3.63, 3.8) is 0 Å². The molecule has 0 aromatic heterocycles. The highest BCUT2D eigenvalue weighted by Crippen LogP contribution is 2.21. The van der Waals surface area contributed by atoms with Gasteiger partial charge in [0.1, 0.15) is 24.9 Å². The van der Waals surface area contributed by atoms with E-state index in [-0.39, 0.29) is 6.61 Å². The second-order valence-electron chi connectivity index (χ2n) is 4.89. The Balaban J connectivity index is 2.43. The molecule has 0 aromatic rings. The molecule has 0 aliphatic carbocycles. The molecule has 1 fully saturated rings. The zero-order valence-electron chi connectivity index (χ0n) is 9.58. The van der Waals surface area contributed by atoms with Gasteiger partial charge in [-0.15, -0.1) is 0 Å². The van der Waals surface area contributed by atoms with E-state index in [1.165, 1.54) is 0 Å². The van der Waals surface area contributed by atoms with Crippen LogP contribution in [0.15, 0.2) is 0 Å². The quantitative estimate of drug-likeness (QED) is 0.531. The van der Waals surface area contributed by atoms with E-state index >= 15 is 0 Å². The Morgan fingerprint density at radius 1 is 1.25 bits per heavy atom. The SMILES string of the molecule is CC(C)(C)C(=O)OC[C@H]1OC(O)[C@H](O)[C@H]1O. The highest BCUT2D eigenvalue weighted by molar-refractivity contribution is 5.75. The second-order valence-corrected chi connectivity index (χ2v) is 4.89. The largest absolute Gasteiger partial charge is 0.462 e. The van der Waals surface area contributed by atoms with Gasteiger partial charge in [-0.25, -0.2) is 0 Å². The standard InChI is InChI=1S/C10H18O6/c1-10(2,3)9(14)15-4-5-6(11)7(12)8(13)16-5/h5-8,11-13H,4H2,1-3H3/t5-,6+,7-,8?/m1/s1. The minimum absolute atomic E-state index is 0.189. The monoisotopic (exact) mass is 234 g/mol. The van der Waals surface area contributed by atoms with Crippen molar-refractivity contribution in [1.82, 2.24) is 0 Å². The molecule has 4 atom stereocenters. The van der Waals surface area contributed by atoms with Crippen LogP contribution >= 0.6 is 0 Å². The first-order valence-electron chi connectivity index (χ1n) is 5.10. The minimum Gasteiger partial charge on any atom is -0.462 e. The van der Waals surface area contributed by atoms with Crippen molar-refractivity contribution < 1.29 is 29.6 Å². The number of hydrogen-bond acceptors (Lipinski definition) is 6. The van der Waals surface area contributed by atoms with Crippen LogP contribution in [0.3, 0.4) is 0 Å². The van der Waals surface area contributed by atoms with Gasteiger partial charge >= 0.3 is 5.97 Å². The molecule has 0 saturated carbocycles. The molecule has 1 unspecified atom stereocenters. The van der Waals surface area contributed by atoms with E-state index in [1.807, 2.05) is 0 Å². The molecule has 16 heavy (non-hydrogen) atoms. The number of rotatable bonds is 2. The maximum absolute atomic E-state index is 11.4. The van der Waals surface area contributed by atoms with E-state index in [9.17, 15) is 15.0 Å². The number of aliphatic hydroxyl groups excluding tert-OH is 3. The summed E-state index contributed by atoms with van der Waals surface area (Å²) < 4.78 is 9.74. The van der Waals surface area contributed by atoms with Crippen molar-refractivity contribution >= 4 is 5.97 Å². The van der Waals surface area contributed by atoms with Gasteiger partial charge in [0.15, 0.2) is 6.29 Å². The first kappa shape index (κ1) is 13.4. The summed E-state index contributed by atoms with van der Waals surface area (Å²) in [6.45, 7) is 4.91. The number of ether oxygens (including phenoxy) is 2. The predicted octanol–water partition coefficient (Wildman–Crippen LogP) is -0.985. The van der Waals surface area contributed by atoms with E-state index in [2.05, 4.69) is 0 Å². The highest BCUT2D eigenvalue weighted by Gasteiger charge is 2.42. The summed E-state index contributed by atoms with van der Waals surface area (Å²) in [5, 5.41) is 27.7. The van der Waals surface area contributed by atoms with Gasteiger partial charge in [-0.2, -0.15) is 0 Å². The molecule has 0 bridgehead atoms. The van der Waals surface area contributed by atoms with Crippen LogP contribution in [0.25, 0.3) is 0 Å². The highest BCUT2D eigenvalue weighted by atomic mass is 16.7. The molecule has 0 amide bonds. The summed E-state index contributed by atoms with van der Waals surface area (Å²) in [5.74, 6) is -0.431. The number of hydrogen-bond donors (Lipinski definition) is 3. The fourth-order valence-electron chi connectivity index (χ4n) is 1.24.